The van der Waals surface area contributed by atoms with Gasteiger partial charge in [-0.3, -0.25) is 24.0 Å². The molecule has 0 radical (unpaired) electrons. The smallest absolute Gasteiger partial charge is 0.326 e. The number of nitrogens with two attached hydrogens (primary N) is 2. The van der Waals surface area contributed by atoms with E-state index in [9.17, 15) is 39.0 Å². The third-order valence-electron chi connectivity index (χ3n) is 5.65. The molecule has 0 bridgehead atoms. The van der Waals surface area contributed by atoms with E-state index >= 15 is 0 Å². The van der Waals surface area contributed by atoms with Crippen LogP contribution < -0.4 is 27.4 Å². The topological polar surface area (TPSA) is 280 Å². The van der Waals surface area contributed by atoms with Crippen molar-refractivity contribution in [3.05, 3.63) is 48.0 Å². The molecule has 0 saturated carbocycles. The van der Waals surface area contributed by atoms with Gasteiger partial charge in [0.25, 0.3) is 0 Å². The monoisotopic (exact) mass is 561 g/mol. The van der Waals surface area contributed by atoms with E-state index in [-0.39, 0.29) is 31.4 Å². The van der Waals surface area contributed by atoms with Crippen LogP contribution >= 0.6 is 0 Å². The Kier molecular flexibility index (Phi) is 11.6. The van der Waals surface area contributed by atoms with Crippen LogP contribution in [-0.4, -0.2) is 85.0 Å². The average molecular weight is 562 g/mol. The first-order valence-electron chi connectivity index (χ1n) is 12.0. The number of phenolic OH excluding ortho intramolecular Hbond substituents is 1. The Labute approximate surface area is 227 Å². The molecule has 4 atom stereocenters. The molecule has 0 saturated heterocycles. The quantitative estimate of drug-likeness (QED) is 0.103. The minimum absolute atomic E-state index is 0.0498. The molecule has 0 aliphatic rings. The van der Waals surface area contributed by atoms with E-state index in [1.807, 2.05) is 0 Å². The summed E-state index contributed by atoms with van der Waals surface area (Å²) in [5, 5.41) is 35.1. The number of hydrogen-bond donors (Lipinski definition) is 9. The second-order valence-corrected chi connectivity index (χ2v) is 8.88. The van der Waals surface area contributed by atoms with Crippen molar-refractivity contribution in [3.63, 3.8) is 0 Å². The van der Waals surface area contributed by atoms with Gasteiger partial charge in [-0.25, -0.2) is 9.78 Å². The Hall–Kier alpha value is -4.99. The molecule has 4 unspecified atom stereocenters. The summed E-state index contributed by atoms with van der Waals surface area (Å²) in [5.74, 6) is -6.28. The first-order valence-corrected chi connectivity index (χ1v) is 12.0. The molecule has 216 valence electrons. The maximum atomic E-state index is 13.3. The summed E-state index contributed by atoms with van der Waals surface area (Å²) in [4.78, 5) is 79.3. The lowest BCUT2D eigenvalue weighted by molar-refractivity contribution is -0.142. The van der Waals surface area contributed by atoms with Crippen LogP contribution in [0.2, 0.25) is 0 Å². The molecule has 40 heavy (non-hydrogen) atoms. The maximum absolute atomic E-state index is 13.3. The number of carboxylic acid groups (broad SMARTS) is 2. The number of carboxylic acids is 2. The lowest BCUT2D eigenvalue weighted by atomic mass is 10.0. The summed E-state index contributed by atoms with van der Waals surface area (Å²) in [7, 11) is 0. The van der Waals surface area contributed by atoms with Crippen molar-refractivity contribution >= 4 is 35.6 Å². The number of aromatic hydroxyl groups is 1. The van der Waals surface area contributed by atoms with Gasteiger partial charge in [-0.2, -0.15) is 0 Å². The van der Waals surface area contributed by atoms with Crippen LogP contribution in [0, 0.1) is 0 Å². The summed E-state index contributed by atoms with van der Waals surface area (Å²) in [5.41, 5.74) is 11.6. The van der Waals surface area contributed by atoms with Gasteiger partial charge < -0.3 is 47.7 Å². The molecule has 2 rings (SSSR count). The highest BCUT2D eigenvalue weighted by atomic mass is 16.4. The van der Waals surface area contributed by atoms with Gasteiger partial charge in [0.2, 0.25) is 23.6 Å². The predicted octanol–water partition coefficient (Wildman–Crippen LogP) is -2.49. The second kappa shape index (κ2) is 14.8. The minimum atomic E-state index is -1.49. The van der Waals surface area contributed by atoms with Gasteiger partial charge in [-0.15, -0.1) is 0 Å². The molecule has 11 N–H and O–H groups in total. The molecule has 2 aromatic rings. The largest absolute Gasteiger partial charge is 0.508 e. The number of carbonyl (C=O) groups excluding carboxylic acids is 4. The Morgan fingerprint density at radius 3 is 1.98 bits per heavy atom. The molecular formula is C24H31N7O9. The van der Waals surface area contributed by atoms with E-state index in [0.717, 1.165) is 0 Å². The van der Waals surface area contributed by atoms with Crippen molar-refractivity contribution in [2.24, 2.45) is 11.5 Å². The highest BCUT2D eigenvalue weighted by Gasteiger charge is 2.31. The number of nitrogens with zero attached hydrogens (tertiary/aromatic N) is 1. The molecule has 0 aliphatic carbocycles. The standard InChI is InChI=1S/C24H31N7O9/c25-15(9-20(34)35)21(36)30-18(8-13-10-27-11-28-13)23(38)31-17(7-12-1-3-14(32)4-2-12)22(37)29-16(24(39)40)5-6-19(26)33/h1-4,10-11,15-18,32H,5-9,25H2,(H2,26,33)(H,27,28)(H,29,37)(H,30,36)(H,31,38)(H,34,35)(H,39,40). The Morgan fingerprint density at radius 1 is 0.875 bits per heavy atom. The van der Waals surface area contributed by atoms with Crippen molar-refractivity contribution in [2.75, 3.05) is 0 Å². The number of aliphatic carboxylic acids is 2. The number of aromatic amines is 1. The number of aromatic nitrogens is 2. The number of amides is 4. The molecule has 1 aromatic heterocycles. The number of nitrogens with one attached hydrogen (secondary N) is 4. The van der Waals surface area contributed by atoms with Crippen LogP contribution in [0.5, 0.6) is 5.75 Å². The van der Waals surface area contributed by atoms with Crippen molar-refractivity contribution < 1.29 is 44.1 Å². The first-order chi connectivity index (χ1) is 18.8. The average Bonchev–Trinajstić information content (AvgIpc) is 3.39. The lowest BCUT2D eigenvalue weighted by Crippen LogP contribution is -2.58. The lowest BCUT2D eigenvalue weighted by Gasteiger charge is -2.25. The number of phenols is 1. The van der Waals surface area contributed by atoms with Crippen LogP contribution in [0.25, 0.3) is 0 Å². The van der Waals surface area contributed by atoms with E-state index in [4.69, 9.17) is 16.6 Å². The number of carbonyl (C=O) groups is 6. The van der Waals surface area contributed by atoms with Crippen molar-refractivity contribution in [1.82, 2.24) is 25.9 Å². The number of hydrogen-bond acceptors (Lipinski definition) is 9. The zero-order valence-electron chi connectivity index (χ0n) is 21.2. The van der Waals surface area contributed by atoms with Crippen LogP contribution in [0.4, 0.5) is 0 Å². The number of H-pyrrole nitrogens is 1. The van der Waals surface area contributed by atoms with Gasteiger partial charge in [0.1, 0.15) is 23.9 Å². The fourth-order valence-corrected chi connectivity index (χ4v) is 3.55. The van der Waals surface area contributed by atoms with E-state index < -0.39 is 66.2 Å². The molecule has 16 heteroatoms. The van der Waals surface area contributed by atoms with Crippen molar-refractivity contribution in [1.29, 1.82) is 0 Å². The Morgan fingerprint density at radius 2 is 1.45 bits per heavy atom. The number of benzene rings is 1. The van der Waals surface area contributed by atoms with Crippen LogP contribution in [0.15, 0.2) is 36.8 Å². The van der Waals surface area contributed by atoms with Gasteiger partial charge >= 0.3 is 11.9 Å². The van der Waals surface area contributed by atoms with E-state index in [2.05, 4.69) is 25.9 Å². The molecule has 4 amide bonds. The number of rotatable bonds is 16. The molecular weight excluding hydrogens is 530 g/mol. The highest BCUT2D eigenvalue weighted by Crippen LogP contribution is 2.12. The predicted molar refractivity (Wildman–Crippen MR) is 136 cm³/mol. The zero-order valence-corrected chi connectivity index (χ0v) is 21.2. The summed E-state index contributed by atoms with van der Waals surface area (Å²) < 4.78 is 0. The van der Waals surface area contributed by atoms with Gasteiger partial charge in [-0.05, 0) is 24.1 Å². The van der Waals surface area contributed by atoms with Crippen molar-refractivity contribution in [3.8, 4) is 5.75 Å². The van der Waals surface area contributed by atoms with Gasteiger partial charge in [-0.1, -0.05) is 12.1 Å². The van der Waals surface area contributed by atoms with Crippen molar-refractivity contribution in [2.45, 2.75) is 56.3 Å². The summed E-state index contributed by atoms with van der Waals surface area (Å²) in [6.07, 6.45) is 1.13. The molecule has 1 heterocycles. The normalized spacial score (nSPS) is 13.7. The fraction of sp³-hybridized carbons (Fsp3) is 0.375. The van der Waals surface area contributed by atoms with E-state index in [1.165, 1.54) is 36.8 Å². The third-order valence-corrected chi connectivity index (χ3v) is 5.65. The van der Waals surface area contributed by atoms with Crippen LogP contribution in [0.3, 0.4) is 0 Å². The summed E-state index contributed by atoms with van der Waals surface area (Å²) >= 11 is 0. The summed E-state index contributed by atoms with van der Waals surface area (Å²) in [6, 6.07) is 0.000553. The van der Waals surface area contributed by atoms with E-state index in [1.54, 1.807) is 0 Å². The number of primary amides is 1. The maximum Gasteiger partial charge on any atom is 0.326 e. The second-order valence-electron chi connectivity index (χ2n) is 8.88. The third kappa shape index (κ3) is 10.4. The van der Waals surface area contributed by atoms with Gasteiger partial charge in [0, 0.05) is 31.2 Å². The van der Waals surface area contributed by atoms with E-state index in [0.29, 0.717) is 11.3 Å². The Balaban J connectivity index is 2.29. The minimum Gasteiger partial charge on any atom is -0.508 e. The summed E-state index contributed by atoms with van der Waals surface area (Å²) in [6.45, 7) is 0. The van der Waals surface area contributed by atoms with Crippen LogP contribution in [-0.2, 0) is 41.6 Å². The molecule has 16 nitrogen and oxygen atoms in total. The van der Waals surface area contributed by atoms with Crippen LogP contribution in [0.1, 0.15) is 30.5 Å². The Bertz CT molecular complexity index is 1200. The highest BCUT2D eigenvalue weighted by molar-refractivity contribution is 5.95. The zero-order chi connectivity index (χ0) is 29.8. The van der Waals surface area contributed by atoms with Gasteiger partial charge in [0.15, 0.2) is 0 Å². The molecule has 0 fully saturated rings. The molecule has 0 aliphatic heterocycles. The SMILES string of the molecule is NC(=O)CCC(NC(=O)C(Cc1ccc(O)cc1)NC(=O)C(Cc1cnc[nH]1)NC(=O)C(N)CC(=O)O)C(=O)O. The number of imidazole rings is 1. The first kappa shape index (κ1) is 31.2. The molecule has 1 aromatic carbocycles. The molecule has 0 spiro atoms. The van der Waals surface area contributed by atoms with Gasteiger partial charge in [0.05, 0.1) is 18.8 Å². The fourth-order valence-electron chi connectivity index (χ4n) is 3.55.